The third-order valence-electron chi connectivity index (χ3n) is 4.75. The fourth-order valence-electron chi connectivity index (χ4n) is 2.67. The number of carbonyl (C=O) groups is 2. The largest absolute Gasteiger partial charge is 0.339 e. The molecule has 1 aliphatic heterocycles. The molecule has 0 atom stereocenters. The van der Waals surface area contributed by atoms with Crippen LogP contribution in [0, 0.1) is 19.3 Å². The van der Waals surface area contributed by atoms with E-state index >= 15 is 0 Å². The van der Waals surface area contributed by atoms with Crippen LogP contribution >= 0.6 is 0 Å². The van der Waals surface area contributed by atoms with E-state index in [1.807, 2.05) is 39.1 Å². The lowest BCUT2D eigenvalue weighted by Gasteiger charge is -2.36. The number of hydrogen-bond acceptors (Lipinski definition) is 3. The van der Waals surface area contributed by atoms with Gasteiger partial charge in [0, 0.05) is 31.9 Å². The SMILES string of the molecule is Cc1cccc(NC(=O)C(C)(C)C(=O)N2CCN(C)CC2)c1C. The number of carbonyl (C=O) groups excluding carboxylic acids is 2. The van der Waals surface area contributed by atoms with Crippen molar-refractivity contribution in [1.82, 2.24) is 9.80 Å². The zero-order valence-corrected chi connectivity index (χ0v) is 14.8. The molecule has 1 fully saturated rings. The molecule has 23 heavy (non-hydrogen) atoms. The number of rotatable bonds is 3. The summed E-state index contributed by atoms with van der Waals surface area (Å²) in [6.07, 6.45) is 0. The molecular formula is C18H27N3O2. The Morgan fingerprint density at radius 3 is 2.30 bits per heavy atom. The summed E-state index contributed by atoms with van der Waals surface area (Å²) in [4.78, 5) is 29.4. The lowest BCUT2D eigenvalue weighted by molar-refractivity contribution is -0.147. The predicted octanol–water partition coefficient (Wildman–Crippen LogP) is 2.04. The Labute approximate surface area is 138 Å². The first-order valence-electron chi connectivity index (χ1n) is 8.09. The van der Waals surface area contributed by atoms with Gasteiger partial charge in [-0.2, -0.15) is 0 Å². The Morgan fingerprint density at radius 1 is 1.09 bits per heavy atom. The zero-order valence-electron chi connectivity index (χ0n) is 14.8. The summed E-state index contributed by atoms with van der Waals surface area (Å²) < 4.78 is 0. The van der Waals surface area contributed by atoms with Crippen LogP contribution in [0.3, 0.4) is 0 Å². The maximum atomic E-state index is 12.8. The molecule has 0 radical (unpaired) electrons. The third kappa shape index (κ3) is 3.72. The van der Waals surface area contributed by atoms with Gasteiger partial charge in [0.2, 0.25) is 11.8 Å². The summed E-state index contributed by atoms with van der Waals surface area (Å²) >= 11 is 0. The monoisotopic (exact) mass is 317 g/mol. The van der Waals surface area contributed by atoms with Crippen molar-refractivity contribution in [3.63, 3.8) is 0 Å². The molecule has 1 aliphatic rings. The molecule has 1 heterocycles. The van der Waals surface area contributed by atoms with Crippen molar-refractivity contribution in [1.29, 1.82) is 0 Å². The van der Waals surface area contributed by atoms with Gasteiger partial charge in [0.25, 0.3) is 0 Å². The van der Waals surface area contributed by atoms with E-state index < -0.39 is 5.41 Å². The lowest BCUT2D eigenvalue weighted by atomic mass is 9.89. The van der Waals surface area contributed by atoms with Crippen LogP contribution in [0.25, 0.3) is 0 Å². The minimum absolute atomic E-state index is 0.103. The van der Waals surface area contributed by atoms with Crippen LogP contribution in [0.4, 0.5) is 5.69 Å². The van der Waals surface area contributed by atoms with Crippen molar-refractivity contribution < 1.29 is 9.59 Å². The van der Waals surface area contributed by atoms with Crippen LogP contribution in [0.5, 0.6) is 0 Å². The van der Waals surface area contributed by atoms with Crippen LogP contribution in [0.1, 0.15) is 25.0 Å². The van der Waals surface area contributed by atoms with Crippen LogP contribution in [0.2, 0.25) is 0 Å². The van der Waals surface area contributed by atoms with E-state index in [9.17, 15) is 9.59 Å². The van der Waals surface area contributed by atoms with Crippen LogP contribution in [0.15, 0.2) is 18.2 Å². The first-order valence-corrected chi connectivity index (χ1v) is 8.09. The third-order valence-corrected chi connectivity index (χ3v) is 4.75. The quantitative estimate of drug-likeness (QED) is 0.868. The number of likely N-dealkylation sites (N-methyl/N-ethyl adjacent to an activating group) is 1. The van der Waals surface area contributed by atoms with Gasteiger partial charge in [-0.1, -0.05) is 12.1 Å². The molecule has 2 rings (SSSR count). The van der Waals surface area contributed by atoms with E-state index in [0.29, 0.717) is 13.1 Å². The lowest BCUT2D eigenvalue weighted by Crippen LogP contribution is -2.53. The molecule has 5 heteroatoms. The highest BCUT2D eigenvalue weighted by Gasteiger charge is 2.40. The van der Waals surface area contributed by atoms with Crippen molar-refractivity contribution in [2.24, 2.45) is 5.41 Å². The highest BCUT2D eigenvalue weighted by Crippen LogP contribution is 2.25. The average molecular weight is 317 g/mol. The minimum atomic E-state index is -1.08. The van der Waals surface area contributed by atoms with Gasteiger partial charge in [-0.15, -0.1) is 0 Å². The maximum absolute atomic E-state index is 12.8. The number of piperazine rings is 1. The second kappa shape index (κ2) is 6.71. The van der Waals surface area contributed by atoms with Gasteiger partial charge in [-0.05, 0) is 51.9 Å². The molecule has 1 N–H and O–H groups in total. The van der Waals surface area contributed by atoms with Gasteiger partial charge in [0.05, 0.1) is 0 Å². The smallest absolute Gasteiger partial charge is 0.239 e. The van der Waals surface area contributed by atoms with E-state index in [1.54, 1.807) is 18.7 Å². The maximum Gasteiger partial charge on any atom is 0.239 e. The van der Waals surface area contributed by atoms with Crippen molar-refractivity contribution in [3.05, 3.63) is 29.3 Å². The molecule has 0 aromatic heterocycles. The molecule has 0 saturated carbocycles. The molecule has 2 amide bonds. The van der Waals surface area contributed by atoms with E-state index in [2.05, 4.69) is 10.2 Å². The Kier molecular flexibility index (Phi) is 5.09. The second-order valence-corrected chi connectivity index (χ2v) is 6.92. The van der Waals surface area contributed by atoms with Gasteiger partial charge < -0.3 is 15.1 Å². The van der Waals surface area contributed by atoms with E-state index in [4.69, 9.17) is 0 Å². The Balaban J connectivity index is 2.10. The van der Waals surface area contributed by atoms with Crippen molar-refractivity contribution >= 4 is 17.5 Å². The molecule has 126 valence electrons. The number of nitrogens with one attached hydrogen (secondary N) is 1. The topological polar surface area (TPSA) is 52.7 Å². The van der Waals surface area contributed by atoms with Gasteiger partial charge in [0.1, 0.15) is 5.41 Å². The molecule has 0 unspecified atom stereocenters. The predicted molar refractivity (Wildman–Crippen MR) is 92.4 cm³/mol. The van der Waals surface area contributed by atoms with Crippen molar-refractivity contribution in [2.45, 2.75) is 27.7 Å². The van der Waals surface area contributed by atoms with Crippen LogP contribution < -0.4 is 5.32 Å². The fraction of sp³-hybridized carbons (Fsp3) is 0.556. The standard InChI is InChI=1S/C18H27N3O2/c1-13-7-6-8-15(14(13)2)19-16(22)18(3,4)17(23)21-11-9-20(5)10-12-21/h6-8H,9-12H2,1-5H3,(H,19,22). The number of anilines is 1. The van der Waals surface area contributed by atoms with E-state index in [1.165, 1.54) is 0 Å². The van der Waals surface area contributed by atoms with Crippen molar-refractivity contribution in [2.75, 3.05) is 38.5 Å². The minimum Gasteiger partial charge on any atom is -0.339 e. The van der Waals surface area contributed by atoms with Crippen molar-refractivity contribution in [3.8, 4) is 0 Å². The summed E-state index contributed by atoms with van der Waals surface area (Å²) in [5.41, 5.74) is 1.84. The van der Waals surface area contributed by atoms with Crippen LogP contribution in [-0.2, 0) is 9.59 Å². The summed E-state index contributed by atoms with van der Waals surface area (Å²) in [6, 6.07) is 5.79. The molecule has 0 aliphatic carbocycles. The van der Waals surface area contributed by atoms with Crippen LogP contribution in [-0.4, -0.2) is 54.8 Å². The number of amides is 2. The first kappa shape index (κ1) is 17.5. The number of aryl methyl sites for hydroxylation is 1. The van der Waals surface area contributed by atoms with Gasteiger partial charge in [-0.3, -0.25) is 9.59 Å². The Bertz CT molecular complexity index is 602. The molecule has 1 aromatic rings. The molecule has 0 bridgehead atoms. The molecule has 5 nitrogen and oxygen atoms in total. The zero-order chi connectivity index (χ0) is 17.2. The molecular weight excluding hydrogens is 290 g/mol. The fourth-order valence-corrected chi connectivity index (χ4v) is 2.67. The number of nitrogens with zero attached hydrogens (tertiary/aromatic N) is 2. The Hall–Kier alpha value is -1.88. The van der Waals surface area contributed by atoms with E-state index in [0.717, 1.165) is 29.9 Å². The summed E-state index contributed by atoms with van der Waals surface area (Å²) in [5.74, 6) is -0.358. The first-order chi connectivity index (χ1) is 10.7. The average Bonchev–Trinajstić information content (AvgIpc) is 2.51. The Morgan fingerprint density at radius 2 is 1.70 bits per heavy atom. The summed E-state index contributed by atoms with van der Waals surface area (Å²) in [6.45, 7) is 10.4. The van der Waals surface area contributed by atoms with Gasteiger partial charge >= 0.3 is 0 Å². The summed E-state index contributed by atoms with van der Waals surface area (Å²) in [7, 11) is 2.04. The highest BCUT2D eigenvalue weighted by atomic mass is 16.2. The van der Waals surface area contributed by atoms with E-state index in [-0.39, 0.29) is 11.8 Å². The van der Waals surface area contributed by atoms with Gasteiger partial charge in [0.15, 0.2) is 0 Å². The molecule has 0 spiro atoms. The normalized spacial score (nSPS) is 16.3. The summed E-state index contributed by atoms with van der Waals surface area (Å²) in [5, 5.41) is 2.92. The molecule has 1 saturated heterocycles. The second-order valence-electron chi connectivity index (χ2n) is 6.92. The highest BCUT2D eigenvalue weighted by molar-refractivity contribution is 6.10. The number of benzene rings is 1. The van der Waals surface area contributed by atoms with Gasteiger partial charge in [-0.25, -0.2) is 0 Å². The molecule has 1 aromatic carbocycles. The number of hydrogen-bond donors (Lipinski definition) is 1.